The number of aromatic nitrogens is 2. The van der Waals surface area contributed by atoms with Crippen LogP contribution in [0.4, 0.5) is 0 Å². The van der Waals surface area contributed by atoms with Crippen molar-refractivity contribution in [3.8, 4) is 0 Å². The van der Waals surface area contributed by atoms with Crippen molar-refractivity contribution in [3.05, 3.63) is 47.8 Å². The van der Waals surface area contributed by atoms with Crippen molar-refractivity contribution in [1.82, 2.24) is 9.97 Å². The number of pyridine rings is 2. The molecule has 102 valence electrons. The minimum absolute atomic E-state index is 0. The first-order chi connectivity index (χ1) is 9.56. The van der Waals surface area contributed by atoms with Crippen LogP contribution in [0.25, 0.3) is 0 Å². The van der Waals surface area contributed by atoms with Crippen LogP contribution in [0.5, 0.6) is 0 Å². The van der Waals surface area contributed by atoms with Crippen LogP contribution in [0.1, 0.15) is 20.7 Å². The fourth-order valence-corrected chi connectivity index (χ4v) is 3.04. The summed E-state index contributed by atoms with van der Waals surface area (Å²) < 4.78 is 0. The van der Waals surface area contributed by atoms with Crippen molar-refractivity contribution >= 4 is 33.5 Å². The molecule has 22 heavy (non-hydrogen) atoms. The number of carboxylic acids is 2. The van der Waals surface area contributed by atoms with E-state index in [0.717, 1.165) is 21.6 Å². The molecule has 10 heteroatoms. The summed E-state index contributed by atoms with van der Waals surface area (Å²) in [5, 5.41) is 22.3. The van der Waals surface area contributed by atoms with Crippen LogP contribution in [-0.2, 0) is 0 Å². The van der Waals surface area contributed by atoms with E-state index in [4.69, 9.17) is 0 Å². The largest absolute Gasteiger partial charge is 1.00 e. The maximum atomic E-state index is 10.7. The van der Waals surface area contributed by atoms with Crippen molar-refractivity contribution in [2.75, 3.05) is 0 Å². The Morgan fingerprint density at radius 2 is 1.18 bits per heavy atom. The summed E-state index contributed by atoms with van der Waals surface area (Å²) in [6, 6.07) is 5.41. The van der Waals surface area contributed by atoms with Crippen LogP contribution in [-0.4, -0.2) is 21.9 Å². The van der Waals surface area contributed by atoms with Crippen LogP contribution in [0.2, 0.25) is 0 Å². The van der Waals surface area contributed by atoms with Gasteiger partial charge in [-0.15, -0.1) is 0 Å². The van der Waals surface area contributed by atoms with E-state index in [1.54, 1.807) is 0 Å². The molecule has 2 aromatic heterocycles. The Balaban J connectivity index is 0.00000220. The van der Waals surface area contributed by atoms with Gasteiger partial charge in [-0.3, -0.25) is 0 Å². The van der Waals surface area contributed by atoms with E-state index in [2.05, 4.69) is 9.97 Å². The van der Waals surface area contributed by atoms with Gasteiger partial charge in [0, 0.05) is 23.5 Å². The summed E-state index contributed by atoms with van der Waals surface area (Å²) in [5.74, 6) is -2.56. The third kappa shape index (κ3) is 6.59. The minimum atomic E-state index is -1.28. The van der Waals surface area contributed by atoms with Crippen molar-refractivity contribution < 1.29 is 78.9 Å². The molecule has 2 rings (SSSR count). The molecule has 0 atom stereocenters. The molecule has 0 amide bonds. The van der Waals surface area contributed by atoms with Crippen molar-refractivity contribution in [2.24, 2.45) is 0 Å². The molecule has 0 bridgehead atoms. The third-order valence-electron chi connectivity index (χ3n) is 2.15. The Morgan fingerprint density at radius 1 is 0.818 bits per heavy atom. The van der Waals surface area contributed by atoms with E-state index in [9.17, 15) is 19.8 Å². The average Bonchev–Trinajstić information content (AvgIpc) is 2.45. The van der Waals surface area contributed by atoms with Gasteiger partial charge in [0.15, 0.2) is 0 Å². The number of carbonyl (C=O) groups is 2. The first kappa shape index (κ1) is 21.9. The summed E-state index contributed by atoms with van der Waals surface area (Å²) >= 11 is 0. The maximum Gasteiger partial charge on any atom is 1.00 e. The Bertz CT molecular complexity index is 616. The molecule has 0 saturated heterocycles. The molecule has 0 saturated carbocycles. The predicted octanol–water partition coefficient (Wildman–Crippen LogP) is -5.99. The van der Waals surface area contributed by atoms with Crippen LogP contribution in [0, 0.1) is 0 Å². The molecule has 0 spiro atoms. The number of rotatable bonds is 5. The molecule has 2 heterocycles. The predicted molar refractivity (Wildman–Crippen MR) is 68.8 cm³/mol. The van der Waals surface area contributed by atoms with Gasteiger partial charge < -0.3 is 19.8 Å². The summed E-state index contributed by atoms with van der Waals surface area (Å²) in [7, 11) is 2.33. The smallest absolute Gasteiger partial charge is 0.545 e. The minimum Gasteiger partial charge on any atom is -0.545 e. The zero-order valence-corrected chi connectivity index (χ0v) is 17.4. The zero-order chi connectivity index (χ0) is 14.5. The molecule has 0 fully saturated rings. The maximum absolute atomic E-state index is 10.7. The van der Waals surface area contributed by atoms with Crippen LogP contribution >= 0.6 is 21.6 Å². The molecular weight excluding hydrogens is 346 g/mol. The summed E-state index contributed by atoms with van der Waals surface area (Å²) in [5.41, 5.74) is 0.0547. The molecule has 0 radical (unpaired) electrons. The number of aromatic carboxylic acids is 2. The molecule has 0 N–H and O–H groups in total. The van der Waals surface area contributed by atoms with E-state index in [1.165, 1.54) is 36.7 Å². The van der Waals surface area contributed by atoms with Crippen molar-refractivity contribution in [1.29, 1.82) is 0 Å². The van der Waals surface area contributed by atoms with Crippen LogP contribution < -0.4 is 69.3 Å². The molecule has 0 aliphatic rings. The zero-order valence-electron chi connectivity index (χ0n) is 11.8. The first-order valence-corrected chi connectivity index (χ1v) is 7.40. The second-order valence-corrected chi connectivity index (χ2v) is 5.68. The number of hydrogen-bond acceptors (Lipinski definition) is 8. The van der Waals surface area contributed by atoms with Crippen LogP contribution in [0.15, 0.2) is 46.7 Å². The number of carbonyl (C=O) groups excluding carboxylic acids is 2. The Hall–Kier alpha value is -0.0600. The van der Waals surface area contributed by atoms with E-state index in [0.29, 0.717) is 10.1 Å². The molecular formula is C12H6N2Na2O4S2. The Kier molecular flexibility index (Phi) is 10.6. The first-order valence-electron chi connectivity index (χ1n) is 5.25. The molecule has 2 aromatic rings. The Labute approximate surface area is 178 Å². The van der Waals surface area contributed by atoms with E-state index < -0.39 is 11.9 Å². The monoisotopic (exact) mass is 352 g/mol. The van der Waals surface area contributed by atoms with Gasteiger partial charge in [0.05, 0.1) is 11.9 Å². The molecule has 0 aromatic carbocycles. The number of hydrogen-bond donors (Lipinski definition) is 0. The fourth-order valence-electron chi connectivity index (χ4n) is 1.25. The van der Waals surface area contributed by atoms with Crippen molar-refractivity contribution in [3.63, 3.8) is 0 Å². The third-order valence-corrected chi connectivity index (χ3v) is 4.30. The quantitative estimate of drug-likeness (QED) is 0.387. The van der Waals surface area contributed by atoms with Gasteiger partial charge in [-0.2, -0.15) is 0 Å². The normalized spacial score (nSPS) is 9.27. The number of carboxylic acid groups (broad SMARTS) is 2. The van der Waals surface area contributed by atoms with E-state index in [-0.39, 0.29) is 70.2 Å². The van der Waals surface area contributed by atoms with E-state index in [1.807, 2.05) is 0 Å². The van der Waals surface area contributed by atoms with Gasteiger partial charge in [0.2, 0.25) is 0 Å². The van der Waals surface area contributed by atoms with Crippen molar-refractivity contribution in [2.45, 2.75) is 10.1 Å². The molecule has 0 aliphatic heterocycles. The second kappa shape index (κ2) is 10.7. The topological polar surface area (TPSA) is 106 Å². The summed E-state index contributed by atoms with van der Waals surface area (Å²) in [4.78, 5) is 29.4. The summed E-state index contributed by atoms with van der Waals surface area (Å²) in [6.07, 6.45) is 2.72. The average molecular weight is 352 g/mol. The number of nitrogens with zero attached hydrogens (tertiary/aromatic N) is 2. The molecule has 0 unspecified atom stereocenters. The summed E-state index contributed by atoms with van der Waals surface area (Å²) in [6.45, 7) is 0. The molecule has 0 aliphatic carbocycles. The standard InChI is InChI=1S/C12H8N2O4S2.2Na/c15-11(16)7-1-3-13-9(5-7)19-20-10-6-8(12(17)18)2-4-14-10;;/h1-6H,(H,15,16)(H,17,18);;/q;2*+1/p-2. The van der Waals surface area contributed by atoms with Gasteiger partial charge in [-0.1, -0.05) is 0 Å². The van der Waals surface area contributed by atoms with Gasteiger partial charge in [-0.25, -0.2) is 9.97 Å². The van der Waals surface area contributed by atoms with Crippen LogP contribution in [0.3, 0.4) is 0 Å². The van der Waals surface area contributed by atoms with Gasteiger partial charge in [-0.05, 0) is 45.9 Å². The fraction of sp³-hybridized carbons (Fsp3) is 0. The van der Waals surface area contributed by atoms with E-state index >= 15 is 0 Å². The van der Waals surface area contributed by atoms with Gasteiger partial charge >= 0.3 is 59.1 Å². The van der Waals surface area contributed by atoms with Gasteiger partial charge in [0.25, 0.3) is 0 Å². The Morgan fingerprint density at radius 3 is 1.50 bits per heavy atom. The van der Waals surface area contributed by atoms with Gasteiger partial charge in [0.1, 0.15) is 10.1 Å². The second-order valence-electron chi connectivity index (χ2n) is 3.51. The molecule has 6 nitrogen and oxygen atoms in total. The SMILES string of the molecule is O=C([O-])c1ccnc(SSc2cc(C(=O)[O-])ccn2)c1.[Na+].[Na+].